The highest BCUT2D eigenvalue weighted by molar-refractivity contribution is 6.39. The van der Waals surface area contributed by atoms with Crippen molar-refractivity contribution in [1.29, 1.82) is 0 Å². The molecule has 28 heavy (non-hydrogen) atoms. The Morgan fingerprint density at radius 1 is 1.18 bits per heavy atom. The number of amides is 2. The van der Waals surface area contributed by atoms with Crippen LogP contribution >= 0.6 is 0 Å². The van der Waals surface area contributed by atoms with Crippen LogP contribution in [0.5, 0.6) is 5.75 Å². The first kappa shape index (κ1) is 18.9. The number of hydrogen-bond acceptors (Lipinski definition) is 5. The summed E-state index contributed by atoms with van der Waals surface area (Å²) in [5.74, 6) is -1.60. The Hall–Kier alpha value is -3.88. The van der Waals surface area contributed by atoms with Gasteiger partial charge in [-0.3, -0.25) is 19.7 Å². The van der Waals surface area contributed by atoms with Crippen LogP contribution in [-0.4, -0.2) is 35.4 Å². The number of nitrogens with zero attached hydrogens (tertiary/aromatic N) is 1. The molecule has 3 N–H and O–H groups in total. The SMILES string of the molecule is COc1cc([N+](=O)[O-])ccc1NC(=O)C(=O)NCCc1c[nH]c2ccccc12. The standard InChI is InChI=1S/C19H18N4O5/c1-28-17-10-13(23(26)27)6-7-16(17)22-19(25)18(24)20-9-8-12-11-21-15-5-3-2-4-14(12)15/h2-7,10-11,21H,8-9H2,1H3,(H,20,24)(H,22,25). The van der Waals surface area contributed by atoms with Crippen molar-refractivity contribution < 1.29 is 19.2 Å². The Morgan fingerprint density at radius 2 is 1.96 bits per heavy atom. The molecule has 0 bridgehead atoms. The molecular weight excluding hydrogens is 364 g/mol. The zero-order valence-corrected chi connectivity index (χ0v) is 15.0. The summed E-state index contributed by atoms with van der Waals surface area (Å²) in [6.07, 6.45) is 2.43. The molecule has 0 fully saturated rings. The third kappa shape index (κ3) is 4.09. The largest absolute Gasteiger partial charge is 0.494 e. The number of benzene rings is 2. The summed E-state index contributed by atoms with van der Waals surface area (Å²) in [7, 11) is 1.32. The minimum absolute atomic E-state index is 0.0918. The number of rotatable bonds is 6. The number of hydrogen-bond donors (Lipinski definition) is 3. The lowest BCUT2D eigenvalue weighted by atomic mass is 10.1. The molecule has 0 unspecified atom stereocenters. The first-order valence-electron chi connectivity index (χ1n) is 8.46. The van der Waals surface area contributed by atoms with E-state index in [0.717, 1.165) is 16.5 Å². The van der Waals surface area contributed by atoms with E-state index in [1.165, 1.54) is 25.3 Å². The number of methoxy groups -OCH3 is 1. The maximum Gasteiger partial charge on any atom is 0.313 e. The van der Waals surface area contributed by atoms with Crippen LogP contribution in [0.2, 0.25) is 0 Å². The maximum atomic E-state index is 12.1. The molecule has 0 atom stereocenters. The van der Waals surface area contributed by atoms with Gasteiger partial charge >= 0.3 is 11.8 Å². The van der Waals surface area contributed by atoms with Gasteiger partial charge in [-0.25, -0.2) is 0 Å². The number of nitro groups is 1. The van der Waals surface area contributed by atoms with Crippen molar-refractivity contribution in [3.05, 3.63) is 64.3 Å². The predicted molar refractivity (Wildman–Crippen MR) is 103 cm³/mol. The Balaban J connectivity index is 1.57. The monoisotopic (exact) mass is 382 g/mol. The van der Waals surface area contributed by atoms with Crippen LogP contribution in [0.1, 0.15) is 5.56 Å². The second-order valence-corrected chi connectivity index (χ2v) is 5.96. The zero-order chi connectivity index (χ0) is 20.1. The molecule has 1 aromatic heterocycles. The van der Waals surface area contributed by atoms with Crippen LogP contribution in [0.4, 0.5) is 11.4 Å². The predicted octanol–water partition coefficient (Wildman–Crippen LogP) is 2.38. The number of aromatic nitrogens is 1. The minimum Gasteiger partial charge on any atom is -0.494 e. The van der Waals surface area contributed by atoms with E-state index in [0.29, 0.717) is 6.42 Å². The average molecular weight is 382 g/mol. The number of aromatic amines is 1. The van der Waals surface area contributed by atoms with Crippen molar-refractivity contribution in [2.75, 3.05) is 19.0 Å². The Labute approximate surface area is 159 Å². The molecule has 0 radical (unpaired) electrons. The van der Waals surface area contributed by atoms with Gasteiger partial charge in [0, 0.05) is 29.7 Å². The smallest absolute Gasteiger partial charge is 0.313 e. The van der Waals surface area contributed by atoms with Gasteiger partial charge in [0.2, 0.25) is 0 Å². The molecule has 0 aliphatic rings. The summed E-state index contributed by atoms with van der Waals surface area (Å²) in [5, 5.41) is 16.8. The van der Waals surface area contributed by atoms with Gasteiger partial charge in [-0.15, -0.1) is 0 Å². The number of nitro benzene ring substituents is 1. The highest BCUT2D eigenvalue weighted by Gasteiger charge is 2.18. The van der Waals surface area contributed by atoms with Gasteiger partial charge in [0.25, 0.3) is 5.69 Å². The van der Waals surface area contributed by atoms with Crippen molar-refractivity contribution in [3.63, 3.8) is 0 Å². The second kappa shape index (κ2) is 8.21. The molecule has 9 heteroatoms. The molecule has 0 saturated carbocycles. The molecular formula is C19H18N4O5. The van der Waals surface area contributed by atoms with E-state index in [9.17, 15) is 19.7 Å². The van der Waals surface area contributed by atoms with E-state index in [2.05, 4.69) is 15.6 Å². The third-order valence-electron chi connectivity index (χ3n) is 4.21. The van der Waals surface area contributed by atoms with E-state index >= 15 is 0 Å². The molecule has 144 valence electrons. The summed E-state index contributed by atoms with van der Waals surface area (Å²) in [6, 6.07) is 11.5. The normalized spacial score (nSPS) is 10.5. The van der Waals surface area contributed by atoms with Crippen molar-refractivity contribution in [2.45, 2.75) is 6.42 Å². The van der Waals surface area contributed by atoms with Crippen LogP contribution in [0, 0.1) is 10.1 Å². The summed E-state index contributed by atoms with van der Waals surface area (Å²) >= 11 is 0. The number of para-hydroxylation sites is 1. The average Bonchev–Trinajstić information content (AvgIpc) is 3.11. The number of fused-ring (bicyclic) bond motifs is 1. The van der Waals surface area contributed by atoms with Crippen LogP contribution in [0.25, 0.3) is 10.9 Å². The fourth-order valence-electron chi connectivity index (χ4n) is 2.81. The van der Waals surface area contributed by atoms with Gasteiger partial charge in [0.1, 0.15) is 5.75 Å². The number of non-ortho nitro benzene ring substituents is 1. The number of anilines is 1. The Bertz CT molecular complexity index is 1040. The van der Waals surface area contributed by atoms with Crippen molar-refractivity contribution in [2.24, 2.45) is 0 Å². The van der Waals surface area contributed by atoms with E-state index in [4.69, 9.17) is 4.74 Å². The second-order valence-electron chi connectivity index (χ2n) is 5.96. The quantitative estimate of drug-likeness (QED) is 0.343. The van der Waals surface area contributed by atoms with Gasteiger partial charge in [-0.2, -0.15) is 0 Å². The lowest BCUT2D eigenvalue weighted by Gasteiger charge is -2.10. The van der Waals surface area contributed by atoms with Gasteiger partial charge < -0.3 is 20.4 Å². The molecule has 2 aromatic carbocycles. The van der Waals surface area contributed by atoms with Crippen molar-refractivity contribution >= 4 is 34.1 Å². The van der Waals surface area contributed by atoms with E-state index in [1.807, 2.05) is 30.5 Å². The van der Waals surface area contributed by atoms with Crippen molar-refractivity contribution in [3.8, 4) is 5.75 Å². The fourth-order valence-corrected chi connectivity index (χ4v) is 2.81. The highest BCUT2D eigenvalue weighted by atomic mass is 16.6. The minimum atomic E-state index is -0.883. The molecule has 3 aromatic rings. The van der Waals surface area contributed by atoms with E-state index in [-0.39, 0.29) is 23.7 Å². The van der Waals surface area contributed by atoms with Gasteiger partial charge in [-0.1, -0.05) is 18.2 Å². The molecule has 9 nitrogen and oxygen atoms in total. The molecule has 0 aliphatic heterocycles. The zero-order valence-electron chi connectivity index (χ0n) is 15.0. The molecule has 0 aliphatic carbocycles. The first-order chi connectivity index (χ1) is 13.5. The molecule has 0 spiro atoms. The molecule has 1 heterocycles. The molecule has 2 amide bonds. The van der Waals surface area contributed by atoms with Crippen LogP contribution in [0.3, 0.4) is 0 Å². The molecule has 3 rings (SSSR count). The number of H-pyrrole nitrogens is 1. The fraction of sp³-hybridized carbons (Fsp3) is 0.158. The van der Waals surface area contributed by atoms with E-state index < -0.39 is 16.7 Å². The number of carbonyl (C=O) groups is 2. The summed E-state index contributed by atoms with van der Waals surface area (Å²) in [6.45, 7) is 0.283. The van der Waals surface area contributed by atoms with Crippen molar-refractivity contribution in [1.82, 2.24) is 10.3 Å². The lowest BCUT2D eigenvalue weighted by Crippen LogP contribution is -2.36. The Kier molecular flexibility index (Phi) is 5.54. The van der Waals surface area contributed by atoms with Crippen LogP contribution in [-0.2, 0) is 16.0 Å². The van der Waals surface area contributed by atoms with Gasteiger partial charge in [0.15, 0.2) is 0 Å². The van der Waals surface area contributed by atoms with E-state index in [1.54, 1.807) is 0 Å². The Morgan fingerprint density at radius 3 is 2.71 bits per heavy atom. The summed E-state index contributed by atoms with van der Waals surface area (Å²) in [5.41, 5.74) is 2.03. The van der Waals surface area contributed by atoms with Gasteiger partial charge in [-0.05, 0) is 24.1 Å². The summed E-state index contributed by atoms with van der Waals surface area (Å²) in [4.78, 5) is 37.5. The highest BCUT2D eigenvalue weighted by Crippen LogP contribution is 2.28. The van der Waals surface area contributed by atoms with Crippen LogP contribution < -0.4 is 15.4 Å². The van der Waals surface area contributed by atoms with Crippen LogP contribution in [0.15, 0.2) is 48.7 Å². The number of ether oxygens (including phenoxy) is 1. The maximum absolute atomic E-state index is 12.1. The third-order valence-corrected chi connectivity index (χ3v) is 4.21. The molecule has 0 saturated heterocycles. The topological polar surface area (TPSA) is 126 Å². The number of carbonyl (C=O) groups excluding carboxylic acids is 2. The lowest BCUT2D eigenvalue weighted by molar-refractivity contribution is -0.384. The first-order valence-corrected chi connectivity index (χ1v) is 8.46. The number of nitrogens with one attached hydrogen (secondary N) is 3. The summed E-state index contributed by atoms with van der Waals surface area (Å²) < 4.78 is 5.03. The van der Waals surface area contributed by atoms with Gasteiger partial charge in [0.05, 0.1) is 23.8 Å².